The van der Waals surface area contributed by atoms with Crippen LogP contribution in [0, 0.1) is 16.6 Å². The molecule has 6 heterocycles. The number of pyridine rings is 2. The molecule has 10 nitrogen and oxygen atoms in total. The van der Waals surface area contributed by atoms with Crippen molar-refractivity contribution in [2.24, 2.45) is 10.8 Å². The van der Waals surface area contributed by atoms with Crippen LogP contribution in [-0.2, 0) is 22.7 Å². The Labute approximate surface area is 294 Å². The van der Waals surface area contributed by atoms with Crippen LogP contribution in [0.1, 0.15) is 24.0 Å². The molecule has 258 valence electrons. The molecule has 4 aromatic rings. The molecule has 0 unspecified atom stereocenters. The van der Waals surface area contributed by atoms with Gasteiger partial charge in [-0.25, -0.2) is 9.37 Å². The summed E-state index contributed by atoms with van der Waals surface area (Å²) in [4.78, 5) is 37.3. The Kier molecular flexibility index (Phi) is 8.24. The van der Waals surface area contributed by atoms with E-state index in [0.717, 1.165) is 56.0 Å². The van der Waals surface area contributed by atoms with E-state index in [-0.39, 0.29) is 22.6 Å². The third-order valence-corrected chi connectivity index (χ3v) is 10.9. The molecule has 50 heavy (non-hydrogen) atoms. The number of ether oxygens (including phenoxy) is 2. The number of halogens is 2. The van der Waals surface area contributed by atoms with E-state index in [1.54, 1.807) is 44.7 Å². The molecule has 2 amide bonds. The highest BCUT2D eigenvalue weighted by atomic mass is 35.5. The molecular formula is C38H38ClFN6O4. The second kappa shape index (κ2) is 12.6. The normalized spacial score (nSPS) is 19.3. The van der Waals surface area contributed by atoms with Crippen molar-refractivity contribution >= 4 is 23.4 Å². The van der Waals surface area contributed by atoms with Crippen molar-refractivity contribution in [3.05, 3.63) is 82.8 Å². The summed E-state index contributed by atoms with van der Waals surface area (Å²) < 4.78 is 27.8. The van der Waals surface area contributed by atoms with Gasteiger partial charge in [-0.1, -0.05) is 41.9 Å². The summed E-state index contributed by atoms with van der Waals surface area (Å²) in [5.74, 6) is 0.949. The number of likely N-dealkylation sites (tertiary alicyclic amines) is 2. The zero-order valence-corrected chi connectivity index (χ0v) is 28.8. The quantitative estimate of drug-likeness (QED) is 0.254. The lowest BCUT2D eigenvalue weighted by atomic mass is 9.79. The third kappa shape index (κ3) is 5.87. The van der Waals surface area contributed by atoms with E-state index < -0.39 is 5.82 Å². The van der Waals surface area contributed by atoms with Gasteiger partial charge in [0.05, 0.1) is 30.6 Å². The van der Waals surface area contributed by atoms with Crippen molar-refractivity contribution in [2.75, 3.05) is 53.5 Å². The molecule has 2 spiro atoms. The molecule has 8 rings (SSSR count). The van der Waals surface area contributed by atoms with Crippen LogP contribution in [0.25, 0.3) is 33.6 Å². The van der Waals surface area contributed by atoms with Gasteiger partial charge in [0.15, 0.2) is 0 Å². The summed E-state index contributed by atoms with van der Waals surface area (Å²) in [5.41, 5.74) is 4.91. The number of rotatable bonds is 9. The van der Waals surface area contributed by atoms with Crippen LogP contribution >= 0.6 is 11.6 Å². The van der Waals surface area contributed by atoms with Crippen LogP contribution in [0.2, 0.25) is 5.02 Å². The van der Waals surface area contributed by atoms with Crippen LogP contribution in [0.4, 0.5) is 4.39 Å². The van der Waals surface area contributed by atoms with Gasteiger partial charge < -0.3 is 20.1 Å². The van der Waals surface area contributed by atoms with Gasteiger partial charge in [-0.3, -0.25) is 24.4 Å². The van der Waals surface area contributed by atoms with E-state index in [2.05, 4.69) is 25.4 Å². The van der Waals surface area contributed by atoms with E-state index in [1.165, 1.54) is 0 Å². The minimum absolute atomic E-state index is 0.0279. The first kappa shape index (κ1) is 32.6. The van der Waals surface area contributed by atoms with Crippen LogP contribution in [0.3, 0.4) is 0 Å². The Bertz CT molecular complexity index is 1870. The largest absolute Gasteiger partial charge is 0.496 e. The average molecular weight is 697 g/mol. The maximum Gasteiger partial charge on any atom is 0.220 e. The van der Waals surface area contributed by atoms with E-state index >= 15 is 4.39 Å². The number of aromatic nitrogens is 2. The Morgan fingerprint density at radius 1 is 0.820 bits per heavy atom. The molecule has 2 aromatic carbocycles. The van der Waals surface area contributed by atoms with Crippen molar-refractivity contribution in [1.29, 1.82) is 0 Å². The number of methoxy groups -OCH3 is 2. The first-order valence-corrected chi connectivity index (χ1v) is 17.2. The number of amides is 2. The fourth-order valence-corrected chi connectivity index (χ4v) is 8.51. The van der Waals surface area contributed by atoms with Gasteiger partial charge in [-0.15, -0.1) is 0 Å². The number of hydrogen-bond acceptors (Lipinski definition) is 8. The molecule has 4 fully saturated rings. The molecule has 0 bridgehead atoms. The standard InChI is InChI=1S/C38H38ClFN6O4/c1-49-30-12-23(6-7-24(30)15-45-19-37(20-45)13-31(47)42-17-37)35-33(39)26(10-11-41-35)27-4-3-5-28(34(27)40)29-9-8-25(36(44-29)50-2)16-46-21-38(22-46)14-32(48)43-18-38/h3-12H,13-22H2,1-2H3,(H,42,47)(H,43,48). The smallest absolute Gasteiger partial charge is 0.220 e. The van der Waals surface area contributed by atoms with Gasteiger partial charge in [-0.05, 0) is 24.3 Å². The SMILES string of the molecule is COc1cc(-c2nccc(-c3cccc(-c4ccc(CN5CC6(CNC(=O)C6)C5)c(OC)n4)c3F)c2Cl)ccc1CN1CC2(CNC(=O)C2)C1. The van der Waals surface area contributed by atoms with Crippen molar-refractivity contribution in [3.63, 3.8) is 0 Å². The van der Waals surface area contributed by atoms with Crippen molar-refractivity contribution in [3.8, 4) is 45.3 Å². The maximum atomic E-state index is 16.4. The van der Waals surface area contributed by atoms with Gasteiger partial charge >= 0.3 is 0 Å². The Balaban J connectivity index is 1.01. The van der Waals surface area contributed by atoms with Crippen LogP contribution < -0.4 is 20.1 Å². The monoisotopic (exact) mass is 696 g/mol. The molecule has 0 atom stereocenters. The number of carbonyl (C=O) groups excluding carboxylic acids is 2. The summed E-state index contributed by atoms with van der Waals surface area (Å²) in [7, 11) is 3.20. The molecule has 4 aliphatic heterocycles. The highest BCUT2D eigenvalue weighted by Gasteiger charge is 2.49. The van der Waals surface area contributed by atoms with E-state index in [0.29, 0.717) is 70.7 Å². The maximum absolute atomic E-state index is 16.4. The van der Waals surface area contributed by atoms with E-state index in [9.17, 15) is 9.59 Å². The summed E-state index contributed by atoms with van der Waals surface area (Å²) in [5, 5.41) is 6.22. The molecular weight excluding hydrogens is 659 g/mol. The predicted octanol–water partition coefficient (Wildman–Crippen LogP) is 4.93. The number of nitrogens with one attached hydrogen (secondary N) is 2. The van der Waals surface area contributed by atoms with Crippen molar-refractivity contribution in [1.82, 2.24) is 30.4 Å². The van der Waals surface area contributed by atoms with Gasteiger partial charge in [0.25, 0.3) is 0 Å². The minimum Gasteiger partial charge on any atom is -0.496 e. The molecule has 4 saturated heterocycles. The summed E-state index contributed by atoms with van der Waals surface area (Å²) in [6, 6.07) is 16.5. The highest BCUT2D eigenvalue weighted by molar-refractivity contribution is 6.35. The molecule has 0 aliphatic carbocycles. The Morgan fingerprint density at radius 2 is 1.46 bits per heavy atom. The molecule has 12 heteroatoms. The van der Waals surface area contributed by atoms with E-state index in [1.807, 2.05) is 30.3 Å². The lowest BCUT2D eigenvalue weighted by Gasteiger charge is -2.47. The van der Waals surface area contributed by atoms with Gasteiger partial charge in [0.2, 0.25) is 17.7 Å². The van der Waals surface area contributed by atoms with Gasteiger partial charge in [0.1, 0.15) is 11.6 Å². The minimum atomic E-state index is -0.448. The average Bonchev–Trinajstić information content (AvgIpc) is 3.68. The van der Waals surface area contributed by atoms with Gasteiger partial charge in [-0.2, -0.15) is 0 Å². The van der Waals surface area contributed by atoms with Crippen LogP contribution in [0.5, 0.6) is 11.6 Å². The molecule has 4 aliphatic rings. The topological polar surface area (TPSA) is 109 Å². The fourth-order valence-electron chi connectivity index (χ4n) is 8.19. The molecule has 2 aromatic heterocycles. The summed E-state index contributed by atoms with van der Waals surface area (Å²) in [6.45, 7) is 6.20. The zero-order valence-electron chi connectivity index (χ0n) is 28.0. The number of hydrogen-bond donors (Lipinski definition) is 2. The predicted molar refractivity (Wildman–Crippen MR) is 187 cm³/mol. The first-order valence-electron chi connectivity index (χ1n) is 16.8. The lowest BCUT2D eigenvalue weighted by Crippen LogP contribution is -2.56. The third-order valence-electron chi connectivity index (χ3n) is 10.6. The summed E-state index contributed by atoms with van der Waals surface area (Å²) in [6.07, 6.45) is 2.79. The summed E-state index contributed by atoms with van der Waals surface area (Å²) >= 11 is 6.99. The van der Waals surface area contributed by atoms with E-state index in [4.69, 9.17) is 26.1 Å². The molecule has 0 saturated carbocycles. The first-order chi connectivity index (χ1) is 24.2. The number of carbonyl (C=O) groups is 2. The second-order valence-corrected chi connectivity index (χ2v) is 14.7. The lowest BCUT2D eigenvalue weighted by molar-refractivity contribution is -0.121. The number of benzene rings is 2. The highest BCUT2D eigenvalue weighted by Crippen LogP contribution is 2.42. The Hall–Kier alpha value is -4.58. The fraction of sp³-hybridized carbons (Fsp3) is 0.368. The van der Waals surface area contributed by atoms with Crippen molar-refractivity contribution < 1.29 is 23.5 Å². The Morgan fingerprint density at radius 3 is 2.08 bits per heavy atom. The number of nitrogens with zero attached hydrogens (tertiary/aromatic N) is 4. The van der Waals surface area contributed by atoms with Crippen molar-refractivity contribution in [2.45, 2.75) is 25.9 Å². The van der Waals surface area contributed by atoms with Gasteiger partial charge in [0, 0.05) is 116 Å². The van der Waals surface area contributed by atoms with Crippen LogP contribution in [-0.4, -0.2) is 85.1 Å². The van der Waals surface area contributed by atoms with Crippen LogP contribution in [0.15, 0.2) is 60.8 Å². The molecule has 0 radical (unpaired) electrons. The molecule has 2 N–H and O–H groups in total. The zero-order chi connectivity index (χ0) is 34.6. The second-order valence-electron chi connectivity index (χ2n) is 14.3.